The highest BCUT2D eigenvalue weighted by Gasteiger charge is 2.19. The lowest BCUT2D eigenvalue weighted by Gasteiger charge is -2.35. The Bertz CT molecular complexity index is 658. The summed E-state index contributed by atoms with van der Waals surface area (Å²) >= 11 is 6.24. The minimum Gasteiger partial charge on any atom is -0.504 e. The lowest BCUT2D eigenvalue weighted by atomic mass is 10.1. The molecule has 0 radical (unpaired) electrons. The first-order chi connectivity index (χ1) is 11.2. The average molecular weight is 334 g/mol. The van der Waals surface area contributed by atoms with E-state index in [9.17, 15) is 5.11 Å². The first-order valence-corrected chi connectivity index (χ1v) is 7.99. The highest BCUT2D eigenvalue weighted by molar-refractivity contribution is 6.31. The van der Waals surface area contributed by atoms with Crippen molar-refractivity contribution in [3.8, 4) is 11.5 Å². The highest BCUT2D eigenvalue weighted by atomic mass is 35.5. The molecule has 0 aliphatic carbocycles. The van der Waals surface area contributed by atoms with Gasteiger partial charge in [-0.1, -0.05) is 17.7 Å². The van der Waals surface area contributed by atoms with Gasteiger partial charge in [0.1, 0.15) is 5.82 Å². The van der Waals surface area contributed by atoms with Crippen molar-refractivity contribution in [1.29, 1.82) is 0 Å². The van der Waals surface area contributed by atoms with Gasteiger partial charge >= 0.3 is 0 Å². The van der Waals surface area contributed by atoms with E-state index in [4.69, 9.17) is 16.3 Å². The second kappa shape index (κ2) is 7.06. The number of ether oxygens (including phenoxy) is 1. The van der Waals surface area contributed by atoms with Crippen LogP contribution in [0.1, 0.15) is 5.56 Å². The van der Waals surface area contributed by atoms with Crippen LogP contribution in [-0.2, 0) is 6.54 Å². The van der Waals surface area contributed by atoms with E-state index in [2.05, 4.69) is 14.8 Å². The van der Waals surface area contributed by atoms with E-state index in [0.29, 0.717) is 10.8 Å². The van der Waals surface area contributed by atoms with Crippen LogP contribution in [-0.4, -0.2) is 48.3 Å². The molecule has 1 saturated heterocycles. The van der Waals surface area contributed by atoms with Gasteiger partial charge in [-0.05, 0) is 23.8 Å². The van der Waals surface area contributed by atoms with Crippen molar-refractivity contribution in [2.24, 2.45) is 0 Å². The molecular formula is C17H20ClN3O2. The molecule has 1 aliphatic heterocycles. The van der Waals surface area contributed by atoms with Crippen LogP contribution in [0.2, 0.25) is 5.02 Å². The SMILES string of the molecule is COc1cc(CN2CCN(c3ccccn3)CC2)c(Cl)cc1O. The van der Waals surface area contributed by atoms with Gasteiger partial charge in [0.05, 0.1) is 7.11 Å². The predicted octanol–water partition coefficient (Wildman–Crippen LogP) is 2.77. The highest BCUT2D eigenvalue weighted by Crippen LogP contribution is 2.32. The van der Waals surface area contributed by atoms with Crippen LogP contribution in [0.25, 0.3) is 0 Å². The summed E-state index contributed by atoms with van der Waals surface area (Å²) in [6.45, 7) is 4.49. The van der Waals surface area contributed by atoms with Crippen LogP contribution in [0.3, 0.4) is 0 Å². The van der Waals surface area contributed by atoms with Crippen molar-refractivity contribution < 1.29 is 9.84 Å². The summed E-state index contributed by atoms with van der Waals surface area (Å²) in [5.41, 5.74) is 0.965. The fraction of sp³-hybridized carbons (Fsp3) is 0.353. The van der Waals surface area contributed by atoms with Gasteiger partial charge in [0.2, 0.25) is 0 Å². The van der Waals surface area contributed by atoms with E-state index in [1.54, 1.807) is 13.2 Å². The number of halogens is 1. The summed E-state index contributed by atoms with van der Waals surface area (Å²) in [6.07, 6.45) is 1.82. The molecule has 2 heterocycles. The van der Waals surface area contributed by atoms with E-state index in [0.717, 1.165) is 44.1 Å². The Morgan fingerprint density at radius 1 is 1.22 bits per heavy atom. The molecule has 0 unspecified atom stereocenters. The maximum Gasteiger partial charge on any atom is 0.160 e. The number of benzene rings is 1. The minimum atomic E-state index is 0.0706. The van der Waals surface area contributed by atoms with Gasteiger partial charge in [-0.25, -0.2) is 4.98 Å². The average Bonchev–Trinajstić information content (AvgIpc) is 2.59. The summed E-state index contributed by atoms with van der Waals surface area (Å²) in [6, 6.07) is 9.33. The van der Waals surface area contributed by atoms with Gasteiger partial charge in [-0.2, -0.15) is 0 Å². The molecule has 1 aliphatic rings. The third kappa shape index (κ3) is 3.68. The lowest BCUT2D eigenvalue weighted by Crippen LogP contribution is -2.46. The fourth-order valence-electron chi connectivity index (χ4n) is 2.79. The normalized spacial score (nSPS) is 15.7. The number of phenols is 1. The van der Waals surface area contributed by atoms with Crippen LogP contribution < -0.4 is 9.64 Å². The number of rotatable bonds is 4. The zero-order valence-electron chi connectivity index (χ0n) is 13.1. The van der Waals surface area contributed by atoms with Crippen molar-refractivity contribution in [1.82, 2.24) is 9.88 Å². The number of pyridine rings is 1. The van der Waals surface area contributed by atoms with Crippen LogP contribution in [0.4, 0.5) is 5.82 Å². The Labute approximate surface area is 141 Å². The first-order valence-electron chi connectivity index (χ1n) is 7.61. The largest absolute Gasteiger partial charge is 0.504 e. The number of aromatic nitrogens is 1. The van der Waals surface area contributed by atoms with Crippen molar-refractivity contribution in [3.63, 3.8) is 0 Å². The number of nitrogens with zero attached hydrogens (tertiary/aromatic N) is 3. The van der Waals surface area contributed by atoms with Gasteiger partial charge in [-0.3, -0.25) is 4.90 Å². The molecule has 0 amide bonds. The zero-order valence-corrected chi connectivity index (χ0v) is 13.8. The van der Waals surface area contributed by atoms with Gasteiger partial charge < -0.3 is 14.7 Å². The quantitative estimate of drug-likeness (QED) is 0.932. The minimum absolute atomic E-state index is 0.0706. The number of phenolic OH excluding ortho intramolecular Hbond substituents is 1. The molecule has 1 aromatic heterocycles. The summed E-state index contributed by atoms with van der Waals surface area (Å²) in [7, 11) is 1.54. The molecule has 5 nitrogen and oxygen atoms in total. The molecule has 6 heteroatoms. The van der Waals surface area contributed by atoms with E-state index in [1.807, 2.05) is 30.5 Å². The maximum absolute atomic E-state index is 9.75. The fourth-order valence-corrected chi connectivity index (χ4v) is 3.00. The standard InChI is InChI=1S/C17H20ClN3O2/c1-23-16-10-13(14(18)11-15(16)22)12-20-6-8-21(9-7-20)17-4-2-3-5-19-17/h2-5,10-11,22H,6-9,12H2,1H3. The Kier molecular flexibility index (Phi) is 4.88. The smallest absolute Gasteiger partial charge is 0.160 e. The molecule has 2 aromatic rings. The third-order valence-electron chi connectivity index (χ3n) is 4.09. The van der Waals surface area contributed by atoms with Crippen molar-refractivity contribution in [2.75, 3.05) is 38.2 Å². The molecule has 1 fully saturated rings. The van der Waals surface area contributed by atoms with E-state index in [-0.39, 0.29) is 5.75 Å². The molecule has 1 N–H and O–H groups in total. The number of hydrogen-bond donors (Lipinski definition) is 1. The Morgan fingerprint density at radius 3 is 2.65 bits per heavy atom. The first kappa shape index (κ1) is 15.9. The van der Waals surface area contributed by atoms with E-state index in [1.165, 1.54) is 0 Å². The topological polar surface area (TPSA) is 48.8 Å². The number of methoxy groups -OCH3 is 1. The molecule has 0 saturated carbocycles. The molecule has 0 spiro atoms. The molecule has 0 bridgehead atoms. The van der Waals surface area contributed by atoms with Gasteiger partial charge in [-0.15, -0.1) is 0 Å². The van der Waals surface area contributed by atoms with Crippen molar-refractivity contribution >= 4 is 17.4 Å². The van der Waals surface area contributed by atoms with Crippen LogP contribution >= 0.6 is 11.6 Å². The zero-order chi connectivity index (χ0) is 16.2. The van der Waals surface area contributed by atoms with Gasteiger partial charge in [0, 0.05) is 50.0 Å². The molecule has 3 rings (SSSR count). The second-order valence-electron chi connectivity index (χ2n) is 5.57. The van der Waals surface area contributed by atoms with Crippen LogP contribution in [0.5, 0.6) is 11.5 Å². The molecular weight excluding hydrogens is 314 g/mol. The van der Waals surface area contributed by atoms with E-state index < -0.39 is 0 Å². The molecule has 1 aromatic carbocycles. The summed E-state index contributed by atoms with van der Waals surface area (Å²) in [5, 5.41) is 10.3. The summed E-state index contributed by atoms with van der Waals surface area (Å²) in [5.74, 6) is 1.55. The molecule has 122 valence electrons. The monoisotopic (exact) mass is 333 g/mol. The summed E-state index contributed by atoms with van der Waals surface area (Å²) in [4.78, 5) is 9.03. The van der Waals surface area contributed by atoms with E-state index >= 15 is 0 Å². The van der Waals surface area contributed by atoms with Crippen molar-refractivity contribution in [3.05, 3.63) is 47.1 Å². The third-order valence-corrected chi connectivity index (χ3v) is 4.44. The molecule has 0 atom stereocenters. The Hall–Kier alpha value is -1.98. The van der Waals surface area contributed by atoms with Crippen molar-refractivity contribution in [2.45, 2.75) is 6.54 Å². The summed E-state index contributed by atoms with van der Waals surface area (Å²) < 4.78 is 5.16. The maximum atomic E-state index is 9.75. The number of anilines is 1. The number of hydrogen-bond acceptors (Lipinski definition) is 5. The van der Waals surface area contributed by atoms with Gasteiger partial charge in [0.25, 0.3) is 0 Å². The number of aromatic hydroxyl groups is 1. The van der Waals surface area contributed by atoms with Crippen LogP contribution in [0, 0.1) is 0 Å². The van der Waals surface area contributed by atoms with Crippen LogP contribution in [0.15, 0.2) is 36.5 Å². The number of piperazine rings is 1. The van der Waals surface area contributed by atoms with Gasteiger partial charge in [0.15, 0.2) is 11.5 Å². The Balaban J connectivity index is 1.63. The predicted molar refractivity (Wildman–Crippen MR) is 91.4 cm³/mol. The lowest BCUT2D eigenvalue weighted by molar-refractivity contribution is 0.249. The molecule has 23 heavy (non-hydrogen) atoms. The second-order valence-corrected chi connectivity index (χ2v) is 5.97. The Morgan fingerprint density at radius 2 is 2.00 bits per heavy atom.